The molecule has 8 nitrogen and oxygen atoms in total. The van der Waals surface area contributed by atoms with Crippen molar-refractivity contribution in [2.45, 2.75) is 18.7 Å². The SMILES string of the molecule is Cc1cc(NC(=O)CSc2nnc(CNc3ccc(Cl)cc3)o2)no1. The molecule has 0 radical (unpaired) electrons. The number of rotatable bonds is 7. The molecule has 1 aromatic carbocycles. The number of halogens is 1. The first kappa shape index (κ1) is 17.3. The molecule has 0 fully saturated rings. The zero-order valence-corrected chi connectivity index (χ0v) is 14.7. The molecular weight excluding hydrogens is 366 g/mol. The Hall–Kier alpha value is -2.52. The Morgan fingerprint density at radius 2 is 2.08 bits per heavy atom. The number of hydrogen-bond donors (Lipinski definition) is 2. The van der Waals surface area contributed by atoms with Crippen LogP contribution in [0.4, 0.5) is 11.5 Å². The van der Waals surface area contributed by atoms with Crippen LogP contribution in [-0.2, 0) is 11.3 Å². The molecule has 3 aromatic rings. The molecule has 3 rings (SSSR count). The van der Waals surface area contributed by atoms with E-state index >= 15 is 0 Å². The van der Waals surface area contributed by atoms with Gasteiger partial charge in [0.05, 0.1) is 12.3 Å². The fraction of sp³-hybridized carbons (Fsp3) is 0.200. The van der Waals surface area contributed by atoms with Crippen LogP contribution in [0.1, 0.15) is 11.7 Å². The lowest BCUT2D eigenvalue weighted by molar-refractivity contribution is -0.113. The van der Waals surface area contributed by atoms with Crippen molar-refractivity contribution in [3.8, 4) is 0 Å². The number of amides is 1. The Bertz CT molecular complexity index is 849. The number of hydrogen-bond acceptors (Lipinski definition) is 8. The van der Waals surface area contributed by atoms with Crippen molar-refractivity contribution >= 4 is 40.8 Å². The Kier molecular flexibility index (Phi) is 5.56. The second-order valence-corrected chi connectivity index (χ2v) is 6.34. The average Bonchev–Trinajstić information content (AvgIpc) is 3.21. The van der Waals surface area contributed by atoms with E-state index in [1.807, 2.05) is 12.1 Å². The molecule has 0 atom stereocenters. The summed E-state index contributed by atoms with van der Waals surface area (Å²) < 4.78 is 10.3. The van der Waals surface area contributed by atoms with Gasteiger partial charge in [0, 0.05) is 16.8 Å². The third kappa shape index (κ3) is 5.23. The lowest BCUT2D eigenvalue weighted by Gasteiger charge is -2.02. The summed E-state index contributed by atoms with van der Waals surface area (Å²) >= 11 is 6.97. The number of aryl methyl sites for hydroxylation is 1. The highest BCUT2D eigenvalue weighted by atomic mass is 35.5. The Balaban J connectivity index is 1.44. The van der Waals surface area contributed by atoms with Gasteiger partial charge < -0.3 is 19.6 Å². The van der Waals surface area contributed by atoms with Crippen molar-refractivity contribution in [1.29, 1.82) is 0 Å². The second-order valence-electron chi connectivity index (χ2n) is 4.98. The summed E-state index contributed by atoms with van der Waals surface area (Å²) in [6.07, 6.45) is 0. The van der Waals surface area contributed by atoms with Crippen LogP contribution in [0, 0.1) is 6.92 Å². The molecule has 0 aliphatic carbocycles. The van der Waals surface area contributed by atoms with Gasteiger partial charge >= 0.3 is 0 Å². The van der Waals surface area contributed by atoms with Crippen molar-refractivity contribution in [3.05, 3.63) is 47.0 Å². The van der Waals surface area contributed by atoms with Gasteiger partial charge in [0.15, 0.2) is 5.82 Å². The van der Waals surface area contributed by atoms with Crippen LogP contribution in [0.25, 0.3) is 0 Å². The van der Waals surface area contributed by atoms with Gasteiger partial charge in [0.2, 0.25) is 11.8 Å². The highest BCUT2D eigenvalue weighted by Gasteiger charge is 2.11. The molecule has 1 amide bonds. The Morgan fingerprint density at radius 1 is 1.28 bits per heavy atom. The number of nitrogens with zero attached hydrogens (tertiary/aromatic N) is 3. The predicted molar refractivity (Wildman–Crippen MR) is 93.7 cm³/mol. The lowest BCUT2D eigenvalue weighted by Crippen LogP contribution is -2.14. The van der Waals surface area contributed by atoms with Gasteiger partial charge in [-0.2, -0.15) is 0 Å². The van der Waals surface area contributed by atoms with Gasteiger partial charge in [0.25, 0.3) is 5.22 Å². The van der Waals surface area contributed by atoms with Crippen molar-refractivity contribution < 1.29 is 13.7 Å². The number of carbonyl (C=O) groups is 1. The largest absolute Gasteiger partial charge is 0.414 e. The van der Waals surface area contributed by atoms with E-state index in [-0.39, 0.29) is 11.7 Å². The highest BCUT2D eigenvalue weighted by molar-refractivity contribution is 7.99. The van der Waals surface area contributed by atoms with Gasteiger partial charge in [0.1, 0.15) is 5.76 Å². The van der Waals surface area contributed by atoms with E-state index in [0.717, 1.165) is 17.4 Å². The molecule has 0 aliphatic rings. The maximum absolute atomic E-state index is 11.8. The molecule has 0 saturated carbocycles. The number of anilines is 2. The maximum Gasteiger partial charge on any atom is 0.277 e. The van der Waals surface area contributed by atoms with Gasteiger partial charge in [-0.25, -0.2) is 0 Å². The molecule has 0 spiro atoms. The highest BCUT2D eigenvalue weighted by Crippen LogP contribution is 2.18. The zero-order valence-electron chi connectivity index (χ0n) is 13.2. The third-order valence-electron chi connectivity index (χ3n) is 2.96. The molecular formula is C15H14ClN5O3S. The van der Waals surface area contributed by atoms with Crippen LogP contribution in [0.5, 0.6) is 0 Å². The molecule has 2 heterocycles. The number of aromatic nitrogens is 3. The molecule has 2 aromatic heterocycles. The fourth-order valence-corrected chi connectivity index (χ4v) is 2.55. The summed E-state index contributed by atoms with van der Waals surface area (Å²) in [4.78, 5) is 11.8. The van der Waals surface area contributed by atoms with Crippen LogP contribution in [0.2, 0.25) is 5.02 Å². The lowest BCUT2D eigenvalue weighted by atomic mass is 10.3. The minimum absolute atomic E-state index is 0.123. The van der Waals surface area contributed by atoms with Gasteiger partial charge in [-0.05, 0) is 31.2 Å². The van der Waals surface area contributed by atoms with E-state index in [1.54, 1.807) is 25.1 Å². The first-order valence-corrected chi connectivity index (χ1v) is 8.62. The molecule has 0 saturated heterocycles. The average molecular weight is 380 g/mol. The molecule has 130 valence electrons. The van der Waals surface area contributed by atoms with Crippen molar-refractivity contribution in [2.24, 2.45) is 0 Å². The number of thioether (sulfide) groups is 1. The summed E-state index contributed by atoms with van der Waals surface area (Å²) in [6.45, 7) is 2.12. The van der Waals surface area contributed by atoms with Crippen molar-refractivity contribution in [3.63, 3.8) is 0 Å². The van der Waals surface area contributed by atoms with Gasteiger partial charge in [-0.15, -0.1) is 10.2 Å². The molecule has 0 aliphatic heterocycles. The van der Waals surface area contributed by atoms with Crippen molar-refractivity contribution in [2.75, 3.05) is 16.4 Å². The number of carbonyl (C=O) groups excluding carboxylic acids is 1. The molecule has 25 heavy (non-hydrogen) atoms. The van der Waals surface area contributed by atoms with Crippen LogP contribution in [0.3, 0.4) is 0 Å². The molecule has 2 N–H and O–H groups in total. The molecule has 0 unspecified atom stereocenters. The zero-order chi connectivity index (χ0) is 17.6. The van der Waals surface area contributed by atoms with Gasteiger partial charge in [-0.1, -0.05) is 28.5 Å². The minimum atomic E-state index is -0.239. The minimum Gasteiger partial charge on any atom is -0.414 e. The van der Waals surface area contributed by atoms with Crippen LogP contribution in [0.15, 0.2) is 44.5 Å². The fourth-order valence-electron chi connectivity index (χ4n) is 1.84. The normalized spacial score (nSPS) is 10.6. The Morgan fingerprint density at radius 3 is 2.80 bits per heavy atom. The monoisotopic (exact) mass is 379 g/mol. The van der Waals surface area contributed by atoms with Crippen LogP contribution < -0.4 is 10.6 Å². The standard InChI is InChI=1S/C15H14ClN5O3S/c1-9-6-12(21-24-9)18-13(22)8-25-15-20-19-14(23-15)7-17-11-4-2-10(16)3-5-11/h2-6,17H,7-8H2,1H3,(H,18,21,22). The van der Waals surface area contributed by atoms with E-state index in [9.17, 15) is 4.79 Å². The Labute approximate surface area is 152 Å². The van der Waals surface area contributed by atoms with E-state index in [4.69, 9.17) is 20.5 Å². The third-order valence-corrected chi connectivity index (χ3v) is 4.03. The quantitative estimate of drug-likeness (QED) is 0.602. The summed E-state index contributed by atoms with van der Waals surface area (Å²) in [5.41, 5.74) is 0.888. The first-order valence-electron chi connectivity index (χ1n) is 7.26. The van der Waals surface area contributed by atoms with E-state index in [1.165, 1.54) is 0 Å². The summed E-state index contributed by atoms with van der Waals surface area (Å²) in [7, 11) is 0. The van der Waals surface area contributed by atoms with Crippen LogP contribution in [-0.4, -0.2) is 27.0 Å². The second kappa shape index (κ2) is 8.04. The van der Waals surface area contributed by atoms with Crippen LogP contribution >= 0.6 is 23.4 Å². The molecule has 0 bridgehead atoms. The van der Waals surface area contributed by atoms with E-state index in [0.29, 0.717) is 34.3 Å². The van der Waals surface area contributed by atoms with Crippen molar-refractivity contribution in [1.82, 2.24) is 15.4 Å². The topological polar surface area (TPSA) is 106 Å². The first-order chi connectivity index (χ1) is 12.1. The van der Waals surface area contributed by atoms with Gasteiger partial charge in [-0.3, -0.25) is 4.79 Å². The smallest absolute Gasteiger partial charge is 0.277 e. The number of nitrogens with one attached hydrogen (secondary N) is 2. The predicted octanol–water partition coefficient (Wildman–Crippen LogP) is 3.36. The number of benzene rings is 1. The van der Waals surface area contributed by atoms with E-state index < -0.39 is 0 Å². The summed E-state index contributed by atoms with van der Waals surface area (Å²) in [6, 6.07) is 8.91. The van der Waals surface area contributed by atoms with E-state index in [2.05, 4.69) is 26.0 Å². The molecule has 10 heteroatoms. The maximum atomic E-state index is 11.8. The summed E-state index contributed by atoms with van der Waals surface area (Å²) in [5.74, 6) is 1.31. The summed E-state index contributed by atoms with van der Waals surface area (Å²) in [5, 5.41) is 18.3.